The van der Waals surface area contributed by atoms with Gasteiger partial charge in [0, 0.05) is 16.7 Å². The molecular weight excluding hydrogens is 559 g/mol. The van der Waals surface area contributed by atoms with Crippen molar-refractivity contribution in [1.82, 2.24) is 4.57 Å². The van der Waals surface area contributed by atoms with Crippen molar-refractivity contribution in [3.05, 3.63) is 113 Å². The zero-order chi connectivity index (χ0) is 28.6. The highest BCUT2D eigenvalue weighted by atomic mass is 35.5. The molecule has 0 spiro atoms. The van der Waals surface area contributed by atoms with Crippen molar-refractivity contribution < 1.29 is 27.9 Å². The molecule has 0 radical (unpaired) electrons. The Morgan fingerprint density at radius 3 is 2.60 bits per heavy atom. The van der Waals surface area contributed by atoms with Gasteiger partial charge >= 0.3 is 11.9 Å². The van der Waals surface area contributed by atoms with Crippen molar-refractivity contribution in [3.63, 3.8) is 0 Å². The van der Waals surface area contributed by atoms with E-state index in [1.165, 1.54) is 35.9 Å². The van der Waals surface area contributed by atoms with Crippen molar-refractivity contribution in [2.24, 2.45) is 4.99 Å². The molecule has 1 atom stereocenters. The lowest BCUT2D eigenvalue weighted by molar-refractivity contribution is -0.139. The van der Waals surface area contributed by atoms with Crippen LogP contribution in [0.3, 0.4) is 0 Å². The van der Waals surface area contributed by atoms with Gasteiger partial charge in [0.1, 0.15) is 17.3 Å². The fourth-order valence-electron chi connectivity index (χ4n) is 4.46. The summed E-state index contributed by atoms with van der Waals surface area (Å²) in [6, 6.07) is 12.8. The van der Waals surface area contributed by atoms with E-state index in [1.54, 1.807) is 50.3 Å². The number of carbonyl (C=O) groups is 2. The Morgan fingerprint density at radius 1 is 1.15 bits per heavy atom. The number of benzene rings is 2. The van der Waals surface area contributed by atoms with Crippen LogP contribution in [0.5, 0.6) is 0 Å². The summed E-state index contributed by atoms with van der Waals surface area (Å²) in [5.41, 5.74) is 1.42. The number of carbonyl (C=O) groups excluding carboxylic acids is 2. The molecule has 40 heavy (non-hydrogen) atoms. The van der Waals surface area contributed by atoms with E-state index in [0.717, 1.165) is 11.3 Å². The number of aromatic nitrogens is 1. The summed E-state index contributed by atoms with van der Waals surface area (Å²) in [5.74, 6) is -0.905. The van der Waals surface area contributed by atoms with Gasteiger partial charge in [0.05, 0.1) is 41.1 Å². The summed E-state index contributed by atoms with van der Waals surface area (Å²) < 4.78 is 31.5. The van der Waals surface area contributed by atoms with Gasteiger partial charge in [-0.05, 0) is 61.9 Å². The Bertz CT molecular complexity index is 1850. The summed E-state index contributed by atoms with van der Waals surface area (Å²) >= 11 is 7.28. The minimum absolute atomic E-state index is 0.140. The fraction of sp³-hybridized carbons (Fsp3) is 0.172. The number of fused-ring (bicyclic) bond motifs is 1. The number of hydrogen-bond donors (Lipinski definition) is 0. The summed E-state index contributed by atoms with van der Waals surface area (Å²) in [4.78, 5) is 43.8. The minimum atomic E-state index is -0.862. The van der Waals surface area contributed by atoms with E-state index in [2.05, 4.69) is 4.99 Å². The lowest BCUT2D eigenvalue weighted by atomic mass is 9.96. The van der Waals surface area contributed by atoms with E-state index in [9.17, 15) is 18.8 Å². The van der Waals surface area contributed by atoms with Crippen LogP contribution in [0.15, 0.2) is 80.1 Å². The Labute approximate surface area is 236 Å². The lowest BCUT2D eigenvalue weighted by Gasteiger charge is -2.24. The predicted octanol–water partition coefficient (Wildman–Crippen LogP) is 4.64. The largest absolute Gasteiger partial charge is 0.465 e. The first-order valence-corrected chi connectivity index (χ1v) is 13.3. The van der Waals surface area contributed by atoms with Crippen LogP contribution in [-0.2, 0) is 14.3 Å². The molecule has 3 heterocycles. The third kappa shape index (κ3) is 5.03. The molecule has 0 amide bonds. The minimum Gasteiger partial charge on any atom is -0.465 e. The summed E-state index contributed by atoms with van der Waals surface area (Å²) in [6.07, 6.45) is 1.56. The molecule has 4 aromatic rings. The Kier molecular flexibility index (Phi) is 7.55. The maximum Gasteiger partial charge on any atom is 0.338 e. The van der Waals surface area contributed by atoms with Crippen LogP contribution in [0, 0.1) is 5.82 Å². The van der Waals surface area contributed by atoms with Crippen molar-refractivity contribution in [2.45, 2.75) is 19.9 Å². The SMILES string of the molecule is CCOC(=O)C1=C(C)N=c2s/c(=C/c3ccc(-c4cc(Cl)ccc4C(=O)OC)o3)c(=O)n2[C@@H]1c1ccc(F)cc1. The highest BCUT2D eigenvalue weighted by Crippen LogP contribution is 2.31. The van der Waals surface area contributed by atoms with Crippen molar-refractivity contribution in [3.8, 4) is 11.3 Å². The monoisotopic (exact) mass is 580 g/mol. The fourth-order valence-corrected chi connectivity index (χ4v) is 5.66. The van der Waals surface area contributed by atoms with Gasteiger partial charge in [-0.3, -0.25) is 9.36 Å². The summed E-state index contributed by atoms with van der Waals surface area (Å²) in [6.45, 7) is 3.49. The highest BCUT2D eigenvalue weighted by molar-refractivity contribution is 7.07. The quantitative estimate of drug-likeness (QED) is 0.308. The molecule has 8 nitrogen and oxygen atoms in total. The van der Waals surface area contributed by atoms with Gasteiger partial charge in [-0.1, -0.05) is 35.1 Å². The van der Waals surface area contributed by atoms with Crippen LogP contribution in [0.2, 0.25) is 5.02 Å². The van der Waals surface area contributed by atoms with Gasteiger partial charge in [-0.15, -0.1) is 0 Å². The van der Waals surface area contributed by atoms with Gasteiger partial charge in [-0.2, -0.15) is 0 Å². The zero-order valence-corrected chi connectivity index (χ0v) is 23.1. The molecule has 2 aromatic carbocycles. The number of thiazole rings is 1. The van der Waals surface area contributed by atoms with Gasteiger partial charge in [0.2, 0.25) is 0 Å². The molecule has 1 aliphatic heterocycles. The molecule has 0 saturated carbocycles. The number of methoxy groups -OCH3 is 1. The molecule has 0 bridgehead atoms. The average molecular weight is 581 g/mol. The number of ether oxygens (including phenoxy) is 2. The second kappa shape index (κ2) is 11.1. The van der Waals surface area contributed by atoms with Gasteiger partial charge in [0.25, 0.3) is 5.56 Å². The molecule has 0 fully saturated rings. The van der Waals surface area contributed by atoms with E-state index >= 15 is 0 Å². The van der Waals surface area contributed by atoms with E-state index < -0.39 is 29.4 Å². The zero-order valence-electron chi connectivity index (χ0n) is 21.6. The Balaban J connectivity index is 1.63. The van der Waals surface area contributed by atoms with E-state index in [-0.39, 0.29) is 17.7 Å². The number of furan rings is 1. The van der Waals surface area contributed by atoms with Gasteiger partial charge in [0.15, 0.2) is 4.80 Å². The molecule has 0 aliphatic carbocycles. The molecule has 2 aromatic heterocycles. The third-order valence-corrected chi connectivity index (χ3v) is 7.47. The van der Waals surface area contributed by atoms with Crippen LogP contribution in [0.1, 0.15) is 41.6 Å². The summed E-state index contributed by atoms with van der Waals surface area (Å²) in [7, 11) is 1.28. The van der Waals surface area contributed by atoms with E-state index in [4.69, 9.17) is 25.5 Å². The average Bonchev–Trinajstić information content (AvgIpc) is 3.52. The normalized spacial score (nSPS) is 15.0. The summed E-state index contributed by atoms with van der Waals surface area (Å²) in [5, 5.41) is 0.405. The van der Waals surface area contributed by atoms with Crippen molar-refractivity contribution in [1.29, 1.82) is 0 Å². The van der Waals surface area contributed by atoms with Gasteiger partial charge in [-0.25, -0.2) is 19.0 Å². The predicted molar refractivity (Wildman–Crippen MR) is 147 cm³/mol. The van der Waals surface area contributed by atoms with Crippen LogP contribution in [0.4, 0.5) is 4.39 Å². The molecule has 1 aliphatic rings. The Morgan fingerprint density at radius 2 is 1.90 bits per heavy atom. The Hall–Kier alpha value is -4.28. The standard InChI is InChI=1S/C29H22ClFN2O6S/c1-4-38-28(36)24-15(2)32-29-33(25(24)16-5-8-18(31)9-6-16)26(34)23(40-29)14-19-10-12-22(39-19)21-13-17(30)7-11-20(21)27(35)37-3/h5-14,25H,4H2,1-3H3/b23-14+/t25-/m1/s1. The molecule has 0 saturated heterocycles. The maximum atomic E-state index is 13.7. The second-order valence-corrected chi connectivity index (χ2v) is 10.2. The first kappa shape index (κ1) is 27.3. The van der Waals surface area contributed by atoms with Gasteiger partial charge < -0.3 is 13.9 Å². The van der Waals surface area contributed by atoms with Crippen LogP contribution in [-0.4, -0.2) is 30.2 Å². The second-order valence-electron chi connectivity index (χ2n) is 8.74. The number of halogens is 2. The smallest absolute Gasteiger partial charge is 0.338 e. The number of allylic oxidation sites excluding steroid dienone is 1. The first-order valence-electron chi connectivity index (χ1n) is 12.1. The van der Waals surface area contributed by atoms with E-state index in [1.807, 2.05) is 0 Å². The number of esters is 2. The van der Waals surface area contributed by atoms with Crippen LogP contribution < -0.4 is 14.9 Å². The molecule has 0 N–H and O–H groups in total. The molecule has 11 heteroatoms. The topological polar surface area (TPSA) is 100 Å². The van der Waals surface area contributed by atoms with Crippen molar-refractivity contribution >= 4 is 41.0 Å². The number of nitrogens with zero attached hydrogens (tertiary/aromatic N) is 2. The van der Waals surface area contributed by atoms with E-state index in [0.29, 0.717) is 42.7 Å². The maximum absolute atomic E-state index is 13.7. The van der Waals surface area contributed by atoms with Crippen LogP contribution in [0.25, 0.3) is 17.4 Å². The number of rotatable bonds is 6. The number of hydrogen-bond acceptors (Lipinski definition) is 8. The van der Waals surface area contributed by atoms with Crippen molar-refractivity contribution in [2.75, 3.05) is 13.7 Å². The molecule has 0 unspecified atom stereocenters. The van der Waals surface area contributed by atoms with Crippen LogP contribution >= 0.6 is 22.9 Å². The lowest BCUT2D eigenvalue weighted by Crippen LogP contribution is -2.39. The molecule has 5 rings (SSSR count). The molecule has 204 valence electrons. The highest BCUT2D eigenvalue weighted by Gasteiger charge is 2.33. The third-order valence-electron chi connectivity index (χ3n) is 6.26. The first-order chi connectivity index (χ1) is 19.2. The molecular formula is C29H22ClFN2O6S.